The number of sulfonamides is 1. The number of aryl methyl sites for hydroxylation is 1. The molecule has 0 aliphatic carbocycles. The highest BCUT2D eigenvalue weighted by Gasteiger charge is 2.34. The predicted octanol–water partition coefficient (Wildman–Crippen LogP) is 5.23. The average Bonchev–Trinajstić information content (AvgIpc) is 2.99. The Morgan fingerprint density at radius 3 is 2.12 bits per heavy atom. The molecule has 0 saturated heterocycles. The lowest BCUT2D eigenvalue weighted by molar-refractivity contribution is -0.139. The summed E-state index contributed by atoms with van der Waals surface area (Å²) >= 11 is 6.24. The second kappa shape index (κ2) is 13.5. The Morgan fingerprint density at radius 2 is 1.49 bits per heavy atom. The number of amides is 2. The van der Waals surface area contributed by atoms with Crippen LogP contribution in [-0.4, -0.2) is 44.8 Å². The van der Waals surface area contributed by atoms with Crippen LogP contribution >= 0.6 is 11.6 Å². The SMILES string of the molecule is CNC(=O)C(Cc1ccccc1)N(Cc1ccccc1C)C(=O)CN(c1cccc(Cl)c1)S(=O)(=O)c1ccccc1. The number of anilines is 1. The summed E-state index contributed by atoms with van der Waals surface area (Å²) in [5, 5.41) is 3.01. The Bertz CT molecular complexity index is 1600. The Kier molecular flexibility index (Phi) is 9.81. The van der Waals surface area contributed by atoms with E-state index in [1.54, 1.807) is 36.4 Å². The van der Waals surface area contributed by atoms with Gasteiger partial charge in [-0.3, -0.25) is 13.9 Å². The van der Waals surface area contributed by atoms with Crippen LogP contribution in [0.2, 0.25) is 5.02 Å². The highest BCUT2D eigenvalue weighted by molar-refractivity contribution is 7.92. The molecule has 0 fully saturated rings. The molecule has 2 amide bonds. The van der Waals surface area contributed by atoms with Gasteiger partial charge in [-0.25, -0.2) is 8.42 Å². The van der Waals surface area contributed by atoms with E-state index in [2.05, 4.69) is 5.32 Å². The summed E-state index contributed by atoms with van der Waals surface area (Å²) in [5.41, 5.74) is 2.91. The van der Waals surface area contributed by atoms with Gasteiger partial charge in [0, 0.05) is 25.0 Å². The lowest BCUT2D eigenvalue weighted by Crippen LogP contribution is -2.53. The zero-order valence-corrected chi connectivity index (χ0v) is 24.5. The number of carbonyl (C=O) groups excluding carboxylic acids is 2. The van der Waals surface area contributed by atoms with E-state index < -0.39 is 28.5 Å². The summed E-state index contributed by atoms with van der Waals surface area (Å²) < 4.78 is 28.8. The van der Waals surface area contributed by atoms with Gasteiger partial charge in [0.2, 0.25) is 11.8 Å². The molecule has 1 atom stereocenters. The quantitative estimate of drug-likeness (QED) is 0.260. The fourth-order valence-corrected chi connectivity index (χ4v) is 6.18. The molecule has 0 spiro atoms. The fraction of sp³-hybridized carbons (Fsp3) is 0.188. The van der Waals surface area contributed by atoms with E-state index in [0.717, 1.165) is 21.0 Å². The number of likely N-dealkylation sites (N-methyl/N-ethyl adjacent to an activating group) is 1. The zero-order chi connectivity index (χ0) is 29.4. The number of nitrogens with zero attached hydrogens (tertiary/aromatic N) is 2. The van der Waals surface area contributed by atoms with Gasteiger partial charge in [-0.05, 0) is 53.9 Å². The molecular formula is C32H32ClN3O4S. The molecular weight excluding hydrogens is 558 g/mol. The minimum atomic E-state index is -4.16. The lowest BCUT2D eigenvalue weighted by atomic mass is 10.0. The largest absolute Gasteiger partial charge is 0.357 e. The van der Waals surface area contributed by atoms with Gasteiger partial charge in [0.15, 0.2) is 0 Å². The molecule has 0 saturated carbocycles. The van der Waals surface area contributed by atoms with Crippen molar-refractivity contribution in [2.24, 2.45) is 0 Å². The maximum Gasteiger partial charge on any atom is 0.264 e. The Morgan fingerprint density at radius 1 is 0.854 bits per heavy atom. The summed E-state index contributed by atoms with van der Waals surface area (Å²) in [6, 6.07) is 30.4. The van der Waals surface area contributed by atoms with E-state index in [-0.39, 0.29) is 29.5 Å². The Hall–Kier alpha value is -4.14. The number of hydrogen-bond acceptors (Lipinski definition) is 4. The molecule has 4 rings (SSSR count). The van der Waals surface area contributed by atoms with Crippen LogP contribution in [0.1, 0.15) is 16.7 Å². The van der Waals surface area contributed by atoms with Crippen molar-refractivity contribution in [1.29, 1.82) is 0 Å². The van der Waals surface area contributed by atoms with Crippen LogP contribution in [0.25, 0.3) is 0 Å². The molecule has 0 aliphatic rings. The van der Waals surface area contributed by atoms with Crippen LogP contribution in [0, 0.1) is 6.92 Å². The van der Waals surface area contributed by atoms with Crippen molar-refractivity contribution < 1.29 is 18.0 Å². The fourth-order valence-electron chi connectivity index (χ4n) is 4.57. The second-order valence-corrected chi connectivity index (χ2v) is 11.9. The van der Waals surface area contributed by atoms with Gasteiger partial charge < -0.3 is 10.2 Å². The maximum absolute atomic E-state index is 14.3. The molecule has 4 aromatic carbocycles. The van der Waals surface area contributed by atoms with Crippen molar-refractivity contribution >= 4 is 39.1 Å². The molecule has 41 heavy (non-hydrogen) atoms. The van der Waals surface area contributed by atoms with E-state index in [4.69, 9.17) is 11.6 Å². The molecule has 212 valence electrons. The van der Waals surface area contributed by atoms with Gasteiger partial charge in [0.05, 0.1) is 10.6 Å². The minimum absolute atomic E-state index is 0.0327. The summed E-state index contributed by atoms with van der Waals surface area (Å²) in [7, 11) is -2.64. The van der Waals surface area contributed by atoms with Crippen molar-refractivity contribution in [1.82, 2.24) is 10.2 Å². The average molecular weight is 590 g/mol. The molecule has 4 aromatic rings. The number of hydrogen-bond donors (Lipinski definition) is 1. The van der Waals surface area contributed by atoms with Crippen LogP contribution in [0.15, 0.2) is 114 Å². The molecule has 1 N–H and O–H groups in total. The number of benzene rings is 4. The molecule has 0 aromatic heterocycles. The third-order valence-electron chi connectivity index (χ3n) is 6.83. The summed E-state index contributed by atoms with van der Waals surface area (Å²) in [5.74, 6) is -0.881. The van der Waals surface area contributed by atoms with Crippen molar-refractivity contribution in [3.8, 4) is 0 Å². The smallest absolute Gasteiger partial charge is 0.264 e. The molecule has 9 heteroatoms. The van der Waals surface area contributed by atoms with Gasteiger partial charge in [-0.1, -0.05) is 90.5 Å². The van der Waals surface area contributed by atoms with Crippen LogP contribution < -0.4 is 9.62 Å². The number of rotatable bonds is 11. The van der Waals surface area contributed by atoms with E-state index >= 15 is 0 Å². The Balaban J connectivity index is 1.79. The van der Waals surface area contributed by atoms with Gasteiger partial charge in [0.1, 0.15) is 12.6 Å². The first-order valence-corrected chi connectivity index (χ1v) is 15.0. The van der Waals surface area contributed by atoms with Crippen LogP contribution in [0.5, 0.6) is 0 Å². The summed E-state index contributed by atoms with van der Waals surface area (Å²) in [6.07, 6.45) is 0.251. The normalized spacial score (nSPS) is 11.9. The predicted molar refractivity (Wildman–Crippen MR) is 162 cm³/mol. The van der Waals surface area contributed by atoms with Crippen molar-refractivity contribution in [2.75, 3.05) is 17.9 Å². The first-order chi connectivity index (χ1) is 19.7. The van der Waals surface area contributed by atoms with Gasteiger partial charge in [0.25, 0.3) is 10.0 Å². The number of carbonyl (C=O) groups is 2. The topological polar surface area (TPSA) is 86.8 Å². The monoisotopic (exact) mass is 589 g/mol. The third-order valence-corrected chi connectivity index (χ3v) is 8.85. The second-order valence-electron chi connectivity index (χ2n) is 9.57. The Labute approximate surface area is 246 Å². The van der Waals surface area contributed by atoms with E-state index in [1.165, 1.54) is 30.1 Å². The molecule has 0 radical (unpaired) electrons. The van der Waals surface area contributed by atoms with Gasteiger partial charge >= 0.3 is 0 Å². The highest BCUT2D eigenvalue weighted by atomic mass is 35.5. The molecule has 0 heterocycles. The number of nitrogens with one attached hydrogen (secondary N) is 1. The van der Waals surface area contributed by atoms with Crippen LogP contribution in [-0.2, 0) is 32.6 Å². The van der Waals surface area contributed by atoms with Crippen LogP contribution in [0.4, 0.5) is 5.69 Å². The standard InChI is InChI=1S/C32H32ClN3O4S/c1-24-12-9-10-15-26(24)22-35(30(32(38)34-2)20-25-13-5-3-6-14-25)31(37)23-36(28-17-11-16-27(33)21-28)41(39,40)29-18-7-4-8-19-29/h3-19,21,30H,20,22-23H2,1-2H3,(H,34,38). The van der Waals surface area contributed by atoms with E-state index in [1.807, 2.05) is 61.5 Å². The van der Waals surface area contributed by atoms with Crippen LogP contribution in [0.3, 0.4) is 0 Å². The van der Waals surface area contributed by atoms with Crippen molar-refractivity contribution in [2.45, 2.75) is 30.8 Å². The lowest BCUT2D eigenvalue weighted by Gasteiger charge is -2.34. The zero-order valence-electron chi connectivity index (χ0n) is 22.9. The first-order valence-electron chi connectivity index (χ1n) is 13.1. The minimum Gasteiger partial charge on any atom is -0.357 e. The van der Waals surface area contributed by atoms with E-state index in [0.29, 0.717) is 5.02 Å². The first kappa shape index (κ1) is 29.8. The molecule has 0 bridgehead atoms. The summed E-state index contributed by atoms with van der Waals surface area (Å²) in [6.45, 7) is 1.51. The number of halogens is 1. The van der Waals surface area contributed by atoms with Crippen molar-refractivity contribution in [3.05, 3.63) is 131 Å². The molecule has 1 unspecified atom stereocenters. The third kappa shape index (κ3) is 7.34. The molecule has 7 nitrogen and oxygen atoms in total. The van der Waals surface area contributed by atoms with Crippen molar-refractivity contribution in [3.63, 3.8) is 0 Å². The van der Waals surface area contributed by atoms with E-state index in [9.17, 15) is 18.0 Å². The molecule has 0 aliphatic heterocycles. The highest BCUT2D eigenvalue weighted by Crippen LogP contribution is 2.27. The summed E-state index contributed by atoms with van der Waals surface area (Å²) in [4.78, 5) is 29.1. The maximum atomic E-state index is 14.3. The van der Waals surface area contributed by atoms with Gasteiger partial charge in [-0.2, -0.15) is 0 Å². The van der Waals surface area contributed by atoms with Gasteiger partial charge in [-0.15, -0.1) is 0 Å².